The minimum atomic E-state index is -0.547. The predicted molar refractivity (Wildman–Crippen MR) is 70.0 cm³/mol. The quantitative estimate of drug-likeness (QED) is 0.700. The minimum Gasteiger partial charge on any atom is -0.366 e. The first-order valence-electron chi connectivity index (χ1n) is 5.80. The van der Waals surface area contributed by atoms with Gasteiger partial charge in [-0.25, -0.2) is 0 Å². The Labute approximate surface area is 111 Å². The lowest BCUT2D eigenvalue weighted by atomic mass is 10.0. The summed E-state index contributed by atoms with van der Waals surface area (Å²) in [5.74, 6) is -0.866. The molecule has 0 fully saturated rings. The Morgan fingerprint density at radius 1 is 0.947 bits per heavy atom. The van der Waals surface area contributed by atoms with Gasteiger partial charge in [-0.1, -0.05) is 6.07 Å². The molecule has 0 aliphatic rings. The van der Waals surface area contributed by atoms with Crippen molar-refractivity contribution >= 4 is 17.7 Å². The molecule has 0 saturated carbocycles. The van der Waals surface area contributed by atoms with E-state index in [1.165, 1.54) is 13.8 Å². The van der Waals surface area contributed by atoms with E-state index in [0.29, 0.717) is 18.7 Å². The van der Waals surface area contributed by atoms with Gasteiger partial charge in [-0.05, 0) is 23.3 Å². The maximum Gasteiger partial charge on any atom is 0.248 e. The first-order chi connectivity index (χ1) is 8.88. The van der Waals surface area contributed by atoms with Crippen molar-refractivity contribution in [2.75, 3.05) is 0 Å². The van der Waals surface area contributed by atoms with E-state index >= 15 is 0 Å². The lowest BCUT2D eigenvalue weighted by molar-refractivity contribution is -0.119. The lowest BCUT2D eigenvalue weighted by Crippen LogP contribution is -2.22. The Balaban J connectivity index is 2.93. The largest absolute Gasteiger partial charge is 0.366 e. The molecule has 0 spiro atoms. The van der Waals surface area contributed by atoms with Crippen molar-refractivity contribution < 1.29 is 14.4 Å². The van der Waals surface area contributed by atoms with E-state index in [-0.39, 0.29) is 11.8 Å². The Bertz CT molecular complexity index is 476. The maximum atomic E-state index is 11.2. The van der Waals surface area contributed by atoms with Crippen LogP contribution in [0.15, 0.2) is 18.2 Å². The van der Waals surface area contributed by atoms with Gasteiger partial charge in [0.05, 0.1) is 0 Å². The fourth-order valence-corrected chi connectivity index (χ4v) is 1.56. The van der Waals surface area contributed by atoms with Crippen LogP contribution in [0.4, 0.5) is 0 Å². The maximum absolute atomic E-state index is 11.2. The number of hydrogen-bond acceptors (Lipinski definition) is 3. The van der Waals surface area contributed by atoms with Gasteiger partial charge in [-0.2, -0.15) is 0 Å². The van der Waals surface area contributed by atoms with Crippen LogP contribution in [0.25, 0.3) is 0 Å². The van der Waals surface area contributed by atoms with Crippen LogP contribution in [-0.2, 0) is 22.7 Å². The fraction of sp³-hybridized carbons (Fsp3) is 0.308. The van der Waals surface area contributed by atoms with Gasteiger partial charge in [0.15, 0.2) is 0 Å². The first kappa shape index (κ1) is 14.7. The molecule has 0 aliphatic heterocycles. The van der Waals surface area contributed by atoms with E-state index < -0.39 is 5.91 Å². The number of benzene rings is 1. The molecule has 6 nitrogen and oxygen atoms in total. The summed E-state index contributed by atoms with van der Waals surface area (Å²) in [4.78, 5) is 33.0. The van der Waals surface area contributed by atoms with Crippen LogP contribution in [-0.4, -0.2) is 17.7 Å². The van der Waals surface area contributed by atoms with E-state index in [1.807, 2.05) is 0 Å². The second kappa shape index (κ2) is 6.53. The first-order valence-corrected chi connectivity index (χ1v) is 5.80. The summed E-state index contributed by atoms with van der Waals surface area (Å²) in [6, 6.07) is 5.05. The van der Waals surface area contributed by atoms with Crippen molar-refractivity contribution in [1.29, 1.82) is 0 Å². The number of nitrogens with two attached hydrogens (primary N) is 1. The third-order valence-electron chi connectivity index (χ3n) is 2.42. The van der Waals surface area contributed by atoms with Crippen LogP contribution in [0.5, 0.6) is 0 Å². The molecule has 3 amide bonds. The van der Waals surface area contributed by atoms with Crippen LogP contribution in [0.2, 0.25) is 0 Å². The zero-order valence-corrected chi connectivity index (χ0v) is 10.9. The Kier molecular flexibility index (Phi) is 5.05. The summed E-state index contributed by atoms with van der Waals surface area (Å²) in [6.07, 6.45) is 0. The molecule has 0 atom stereocenters. The molecule has 0 heterocycles. The van der Waals surface area contributed by atoms with Crippen molar-refractivity contribution in [1.82, 2.24) is 10.6 Å². The molecule has 4 N–H and O–H groups in total. The third-order valence-corrected chi connectivity index (χ3v) is 2.42. The van der Waals surface area contributed by atoms with E-state index in [0.717, 1.165) is 11.1 Å². The molecule has 0 radical (unpaired) electrons. The highest BCUT2D eigenvalue weighted by atomic mass is 16.2. The zero-order valence-electron chi connectivity index (χ0n) is 10.9. The summed E-state index contributed by atoms with van der Waals surface area (Å²) in [5.41, 5.74) is 7.11. The van der Waals surface area contributed by atoms with Crippen molar-refractivity contribution in [3.05, 3.63) is 34.9 Å². The highest BCUT2D eigenvalue weighted by Crippen LogP contribution is 2.10. The molecule has 0 bridgehead atoms. The fourth-order valence-electron chi connectivity index (χ4n) is 1.56. The second-order valence-electron chi connectivity index (χ2n) is 4.22. The van der Waals surface area contributed by atoms with Crippen molar-refractivity contribution in [2.45, 2.75) is 26.9 Å². The molecular formula is C13H17N3O3. The molecule has 19 heavy (non-hydrogen) atoms. The molecule has 0 aromatic heterocycles. The Hall–Kier alpha value is -2.37. The second-order valence-corrected chi connectivity index (χ2v) is 4.22. The van der Waals surface area contributed by atoms with E-state index in [1.54, 1.807) is 18.2 Å². The summed E-state index contributed by atoms with van der Waals surface area (Å²) in [7, 11) is 0. The standard InChI is InChI=1S/C13H17N3O3/c1-8(17)15-6-10-3-11(7-16-9(2)18)5-12(4-10)13(14)19/h3-5H,6-7H2,1-2H3,(H2,14,19)(H,15,17)(H,16,18). The molecule has 0 saturated heterocycles. The topological polar surface area (TPSA) is 101 Å². The molecular weight excluding hydrogens is 246 g/mol. The predicted octanol–water partition coefficient (Wildman–Crippen LogP) is 0.0577. The smallest absolute Gasteiger partial charge is 0.248 e. The summed E-state index contributed by atoms with van der Waals surface area (Å²) < 4.78 is 0. The highest BCUT2D eigenvalue weighted by Gasteiger charge is 2.06. The summed E-state index contributed by atoms with van der Waals surface area (Å²) >= 11 is 0. The van der Waals surface area contributed by atoms with Gasteiger partial charge < -0.3 is 16.4 Å². The van der Waals surface area contributed by atoms with E-state index in [9.17, 15) is 14.4 Å². The van der Waals surface area contributed by atoms with E-state index in [2.05, 4.69) is 10.6 Å². The zero-order chi connectivity index (χ0) is 14.4. The Morgan fingerprint density at radius 3 is 1.68 bits per heavy atom. The van der Waals surface area contributed by atoms with Gasteiger partial charge in [0.2, 0.25) is 17.7 Å². The van der Waals surface area contributed by atoms with Crippen molar-refractivity contribution in [3.8, 4) is 0 Å². The number of rotatable bonds is 5. The van der Waals surface area contributed by atoms with Crippen molar-refractivity contribution in [3.63, 3.8) is 0 Å². The van der Waals surface area contributed by atoms with Crippen LogP contribution < -0.4 is 16.4 Å². The van der Waals surface area contributed by atoms with Gasteiger partial charge in [0.1, 0.15) is 0 Å². The molecule has 102 valence electrons. The molecule has 6 heteroatoms. The molecule has 0 unspecified atom stereocenters. The van der Waals surface area contributed by atoms with Crippen LogP contribution >= 0.6 is 0 Å². The number of hydrogen-bond donors (Lipinski definition) is 3. The summed E-state index contributed by atoms with van der Waals surface area (Å²) in [6.45, 7) is 3.44. The van der Waals surface area contributed by atoms with Gasteiger partial charge in [0.25, 0.3) is 0 Å². The lowest BCUT2D eigenvalue weighted by Gasteiger charge is -2.09. The number of primary amides is 1. The van der Waals surface area contributed by atoms with Gasteiger partial charge in [0, 0.05) is 32.5 Å². The molecule has 1 rings (SSSR count). The van der Waals surface area contributed by atoms with E-state index in [4.69, 9.17) is 5.73 Å². The van der Waals surface area contributed by atoms with Crippen molar-refractivity contribution in [2.24, 2.45) is 5.73 Å². The van der Waals surface area contributed by atoms with Crippen LogP contribution in [0, 0.1) is 0 Å². The molecule has 1 aromatic rings. The summed E-state index contributed by atoms with van der Waals surface area (Å²) in [5, 5.41) is 5.28. The van der Waals surface area contributed by atoms with Gasteiger partial charge >= 0.3 is 0 Å². The minimum absolute atomic E-state index is 0.159. The molecule has 1 aromatic carbocycles. The third kappa shape index (κ3) is 5.20. The monoisotopic (exact) mass is 263 g/mol. The number of nitrogens with one attached hydrogen (secondary N) is 2. The van der Waals surface area contributed by atoms with Crippen LogP contribution in [0.1, 0.15) is 35.3 Å². The average Bonchev–Trinajstić information content (AvgIpc) is 2.33. The number of amides is 3. The van der Waals surface area contributed by atoms with Crippen LogP contribution in [0.3, 0.4) is 0 Å². The highest BCUT2D eigenvalue weighted by molar-refractivity contribution is 5.93. The average molecular weight is 263 g/mol. The normalized spacial score (nSPS) is 9.79. The number of carbonyl (C=O) groups excluding carboxylic acids is 3. The SMILES string of the molecule is CC(=O)NCc1cc(CNC(C)=O)cc(C(N)=O)c1. The van der Waals surface area contributed by atoms with Gasteiger partial charge in [-0.3, -0.25) is 14.4 Å². The Morgan fingerprint density at radius 2 is 1.37 bits per heavy atom. The number of carbonyl (C=O) groups is 3. The molecule has 0 aliphatic carbocycles. The van der Waals surface area contributed by atoms with Gasteiger partial charge in [-0.15, -0.1) is 0 Å².